The van der Waals surface area contributed by atoms with Gasteiger partial charge in [-0.1, -0.05) is 12.1 Å². The third kappa shape index (κ3) is 2.47. The van der Waals surface area contributed by atoms with E-state index in [4.69, 9.17) is 5.26 Å². The minimum atomic E-state index is -0.315. The molecule has 0 saturated heterocycles. The standard InChI is InChI=1S/C16H12N4O/c17-7-4-15(21)20-14-3-1-2-12-13(10-19-16(12)14)11-5-8-18-9-6-11/h1-3,5-6,8-10,19H,4H2,(H,20,21). The summed E-state index contributed by atoms with van der Waals surface area (Å²) in [4.78, 5) is 18.8. The van der Waals surface area contributed by atoms with E-state index in [0.29, 0.717) is 5.69 Å². The highest BCUT2D eigenvalue weighted by Crippen LogP contribution is 2.31. The molecule has 0 radical (unpaired) electrons. The number of hydrogen-bond acceptors (Lipinski definition) is 3. The fourth-order valence-electron chi connectivity index (χ4n) is 2.30. The van der Waals surface area contributed by atoms with Crippen LogP contribution in [0.25, 0.3) is 22.0 Å². The fraction of sp³-hybridized carbons (Fsp3) is 0.0625. The molecule has 2 heterocycles. The third-order valence-corrected chi connectivity index (χ3v) is 3.22. The number of carbonyl (C=O) groups is 1. The van der Waals surface area contributed by atoms with Crippen molar-refractivity contribution in [3.8, 4) is 17.2 Å². The zero-order valence-corrected chi connectivity index (χ0v) is 11.1. The molecule has 102 valence electrons. The molecular formula is C16H12N4O. The van der Waals surface area contributed by atoms with Crippen LogP contribution in [-0.2, 0) is 4.79 Å². The molecule has 2 N–H and O–H groups in total. The summed E-state index contributed by atoms with van der Waals surface area (Å²) in [7, 11) is 0. The van der Waals surface area contributed by atoms with Crippen molar-refractivity contribution in [2.75, 3.05) is 5.32 Å². The summed E-state index contributed by atoms with van der Waals surface area (Å²) < 4.78 is 0. The van der Waals surface area contributed by atoms with E-state index in [2.05, 4.69) is 15.3 Å². The quantitative estimate of drug-likeness (QED) is 0.771. The van der Waals surface area contributed by atoms with Gasteiger partial charge < -0.3 is 10.3 Å². The first kappa shape index (κ1) is 12.9. The van der Waals surface area contributed by atoms with Gasteiger partial charge >= 0.3 is 0 Å². The number of para-hydroxylation sites is 1. The van der Waals surface area contributed by atoms with Crippen molar-refractivity contribution in [1.82, 2.24) is 9.97 Å². The van der Waals surface area contributed by atoms with Gasteiger partial charge in [-0.15, -0.1) is 0 Å². The summed E-state index contributed by atoms with van der Waals surface area (Å²) in [6, 6.07) is 11.4. The summed E-state index contributed by atoms with van der Waals surface area (Å²) in [6.45, 7) is 0. The zero-order valence-electron chi connectivity index (χ0n) is 11.1. The van der Waals surface area contributed by atoms with Crippen LogP contribution in [0.5, 0.6) is 0 Å². The first-order valence-corrected chi connectivity index (χ1v) is 6.47. The smallest absolute Gasteiger partial charge is 0.238 e. The molecule has 0 aliphatic heterocycles. The maximum atomic E-state index is 11.6. The number of rotatable bonds is 3. The predicted molar refractivity (Wildman–Crippen MR) is 80.4 cm³/mol. The van der Waals surface area contributed by atoms with Gasteiger partial charge in [-0.25, -0.2) is 0 Å². The van der Waals surface area contributed by atoms with Crippen molar-refractivity contribution >= 4 is 22.5 Å². The van der Waals surface area contributed by atoms with Crippen LogP contribution in [0.2, 0.25) is 0 Å². The summed E-state index contributed by atoms with van der Waals surface area (Å²) in [5, 5.41) is 12.3. The molecule has 0 atom stereocenters. The normalized spacial score (nSPS) is 10.2. The Balaban J connectivity index is 2.05. The molecule has 0 unspecified atom stereocenters. The predicted octanol–water partition coefficient (Wildman–Crippen LogP) is 3.08. The monoisotopic (exact) mass is 276 g/mol. The number of anilines is 1. The van der Waals surface area contributed by atoms with Crippen molar-refractivity contribution in [3.05, 3.63) is 48.9 Å². The zero-order chi connectivity index (χ0) is 14.7. The van der Waals surface area contributed by atoms with E-state index < -0.39 is 0 Å². The maximum Gasteiger partial charge on any atom is 0.238 e. The molecule has 3 aromatic rings. The number of carbonyl (C=O) groups excluding carboxylic acids is 1. The van der Waals surface area contributed by atoms with Crippen LogP contribution in [0.4, 0.5) is 5.69 Å². The van der Waals surface area contributed by atoms with Crippen molar-refractivity contribution in [2.45, 2.75) is 6.42 Å². The molecule has 0 aliphatic rings. The van der Waals surface area contributed by atoms with Crippen LogP contribution in [0.1, 0.15) is 6.42 Å². The Morgan fingerprint density at radius 3 is 2.86 bits per heavy atom. The average molecular weight is 276 g/mol. The number of aromatic amines is 1. The molecule has 0 spiro atoms. The second-order valence-corrected chi connectivity index (χ2v) is 4.55. The van der Waals surface area contributed by atoms with Gasteiger partial charge in [-0.3, -0.25) is 9.78 Å². The topological polar surface area (TPSA) is 81.6 Å². The number of amides is 1. The van der Waals surface area contributed by atoms with Crippen molar-refractivity contribution in [3.63, 3.8) is 0 Å². The van der Waals surface area contributed by atoms with Crippen LogP contribution in [-0.4, -0.2) is 15.9 Å². The van der Waals surface area contributed by atoms with E-state index in [1.807, 2.05) is 42.6 Å². The summed E-state index contributed by atoms with van der Waals surface area (Å²) in [5.74, 6) is -0.315. The van der Waals surface area contributed by atoms with E-state index in [-0.39, 0.29) is 12.3 Å². The minimum absolute atomic E-state index is 0.158. The molecule has 2 aromatic heterocycles. The maximum absolute atomic E-state index is 11.6. The Kier molecular flexibility index (Phi) is 3.36. The summed E-state index contributed by atoms with van der Waals surface area (Å²) >= 11 is 0. The number of nitrogens with zero attached hydrogens (tertiary/aromatic N) is 2. The summed E-state index contributed by atoms with van der Waals surface area (Å²) in [5.41, 5.74) is 3.61. The van der Waals surface area contributed by atoms with E-state index in [9.17, 15) is 4.79 Å². The van der Waals surface area contributed by atoms with Crippen molar-refractivity contribution < 1.29 is 4.79 Å². The third-order valence-electron chi connectivity index (χ3n) is 3.22. The lowest BCUT2D eigenvalue weighted by Gasteiger charge is -2.05. The Morgan fingerprint density at radius 1 is 1.29 bits per heavy atom. The Labute approximate surface area is 121 Å². The van der Waals surface area contributed by atoms with Crippen LogP contribution < -0.4 is 5.32 Å². The number of aromatic nitrogens is 2. The molecule has 0 fully saturated rings. The van der Waals surface area contributed by atoms with Crippen molar-refractivity contribution in [1.29, 1.82) is 5.26 Å². The van der Waals surface area contributed by atoms with E-state index in [1.165, 1.54) is 0 Å². The van der Waals surface area contributed by atoms with E-state index in [0.717, 1.165) is 22.0 Å². The lowest BCUT2D eigenvalue weighted by atomic mass is 10.1. The lowest BCUT2D eigenvalue weighted by Crippen LogP contribution is -2.10. The largest absolute Gasteiger partial charge is 0.359 e. The molecular weight excluding hydrogens is 264 g/mol. The van der Waals surface area contributed by atoms with Crippen LogP contribution in [0.3, 0.4) is 0 Å². The molecule has 5 nitrogen and oxygen atoms in total. The molecule has 3 rings (SSSR count). The SMILES string of the molecule is N#CCC(=O)Nc1cccc2c(-c3ccncc3)c[nH]c12. The minimum Gasteiger partial charge on any atom is -0.359 e. The summed E-state index contributed by atoms with van der Waals surface area (Å²) in [6.07, 6.45) is 5.23. The van der Waals surface area contributed by atoms with Crippen LogP contribution in [0, 0.1) is 11.3 Å². The molecule has 1 aromatic carbocycles. The fourth-order valence-corrected chi connectivity index (χ4v) is 2.30. The average Bonchev–Trinajstić information content (AvgIpc) is 2.93. The second kappa shape index (κ2) is 5.47. The number of nitrogens with one attached hydrogen (secondary N) is 2. The van der Waals surface area contributed by atoms with Crippen LogP contribution in [0.15, 0.2) is 48.9 Å². The molecule has 21 heavy (non-hydrogen) atoms. The van der Waals surface area contributed by atoms with Gasteiger partial charge in [0, 0.05) is 29.5 Å². The highest BCUT2D eigenvalue weighted by Gasteiger charge is 2.10. The van der Waals surface area contributed by atoms with Gasteiger partial charge in [0.25, 0.3) is 0 Å². The molecule has 5 heteroatoms. The van der Waals surface area contributed by atoms with Gasteiger partial charge in [-0.2, -0.15) is 5.26 Å². The van der Waals surface area contributed by atoms with Crippen molar-refractivity contribution in [2.24, 2.45) is 0 Å². The number of benzene rings is 1. The van der Waals surface area contributed by atoms with Gasteiger partial charge in [0.1, 0.15) is 6.42 Å². The van der Waals surface area contributed by atoms with E-state index in [1.54, 1.807) is 12.4 Å². The number of nitriles is 1. The Bertz CT molecular complexity index is 830. The number of H-pyrrole nitrogens is 1. The van der Waals surface area contributed by atoms with Gasteiger partial charge in [0.2, 0.25) is 5.91 Å². The van der Waals surface area contributed by atoms with Gasteiger partial charge in [0.05, 0.1) is 17.3 Å². The highest BCUT2D eigenvalue weighted by molar-refractivity contribution is 6.06. The Morgan fingerprint density at radius 2 is 2.10 bits per heavy atom. The van der Waals surface area contributed by atoms with Gasteiger partial charge in [0.15, 0.2) is 0 Å². The highest BCUT2D eigenvalue weighted by atomic mass is 16.1. The molecule has 0 aliphatic carbocycles. The first-order valence-electron chi connectivity index (χ1n) is 6.47. The lowest BCUT2D eigenvalue weighted by molar-refractivity contribution is -0.115. The number of hydrogen-bond donors (Lipinski definition) is 2. The van der Waals surface area contributed by atoms with Crippen LogP contribution >= 0.6 is 0 Å². The Hall–Kier alpha value is -3.13. The van der Waals surface area contributed by atoms with E-state index >= 15 is 0 Å². The number of pyridine rings is 1. The molecule has 0 saturated carbocycles. The molecule has 0 bridgehead atoms. The first-order chi connectivity index (χ1) is 10.3. The van der Waals surface area contributed by atoms with Gasteiger partial charge in [-0.05, 0) is 23.8 Å². The number of fused-ring (bicyclic) bond motifs is 1. The second-order valence-electron chi connectivity index (χ2n) is 4.55. The molecule has 1 amide bonds.